The highest BCUT2D eigenvalue weighted by Gasteiger charge is 2.22. The van der Waals surface area contributed by atoms with Crippen molar-refractivity contribution in [3.05, 3.63) is 29.8 Å². The zero-order valence-corrected chi connectivity index (χ0v) is 11.6. The second kappa shape index (κ2) is 5.93. The molecular weight excluding hydrogens is 238 g/mol. The van der Waals surface area contributed by atoms with Crippen LogP contribution < -0.4 is 10.1 Å². The van der Waals surface area contributed by atoms with Gasteiger partial charge in [-0.15, -0.1) is 0 Å². The van der Waals surface area contributed by atoms with Gasteiger partial charge in [0, 0.05) is 12.6 Å². The molecule has 2 aliphatic rings. The monoisotopic (exact) mass is 261 g/mol. The minimum absolute atomic E-state index is 0.270. The first-order valence-corrected chi connectivity index (χ1v) is 7.40. The lowest BCUT2D eigenvalue weighted by molar-refractivity contribution is 0.0264. The van der Waals surface area contributed by atoms with Gasteiger partial charge < -0.3 is 14.8 Å². The topological polar surface area (TPSA) is 30.5 Å². The van der Waals surface area contributed by atoms with E-state index in [0.29, 0.717) is 12.7 Å². The van der Waals surface area contributed by atoms with Crippen molar-refractivity contribution in [3.63, 3.8) is 0 Å². The van der Waals surface area contributed by atoms with Crippen molar-refractivity contribution in [2.24, 2.45) is 0 Å². The Labute approximate surface area is 115 Å². The first-order valence-electron chi connectivity index (χ1n) is 7.40. The van der Waals surface area contributed by atoms with E-state index < -0.39 is 0 Å². The average Bonchev–Trinajstić information content (AvgIpc) is 3.17. The number of rotatable bonds is 6. The number of hydrogen-bond donors (Lipinski definition) is 1. The summed E-state index contributed by atoms with van der Waals surface area (Å²) in [6.07, 6.45) is 5.60. The predicted molar refractivity (Wildman–Crippen MR) is 75.4 cm³/mol. The van der Waals surface area contributed by atoms with Gasteiger partial charge in [-0.3, -0.25) is 0 Å². The lowest BCUT2D eigenvalue weighted by Crippen LogP contribution is -2.18. The van der Waals surface area contributed by atoms with Gasteiger partial charge in [-0.05, 0) is 50.3 Å². The molecule has 0 spiro atoms. The third kappa shape index (κ3) is 3.95. The summed E-state index contributed by atoms with van der Waals surface area (Å²) in [4.78, 5) is 0. The quantitative estimate of drug-likeness (QED) is 0.854. The van der Waals surface area contributed by atoms with Crippen LogP contribution in [-0.4, -0.2) is 24.9 Å². The largest absolute Gasteiger partial charge is 0.491 e. The van der Waals surface area contributed by atoms with Crippen molar-refractivity contribution in [1.82, 2.24) is 5.32 Å². The highest BCUT2D eigenvalue weighted by Crippen LogP contribution is 2.21. The van der Waals surface area contributed by atoms with Gasteiger partial charge in [0.15, 0.2) is 0 Å². The smallest absolute Gasteiger partial charge is 0.119 e. The lowest BCUT2D eigenvalue weighted by atomic mass is 10.2. The minimum Gasteiger partial charge on any atom is -0.491 e. The van der Waals surface area contributed by atoms with Gasteiger partial charge in [-0.25, -0.2) is 0 Å². The summed E-state index contributed by atoms with van der Waals surface area (Å²) in [6, 6.07) is 9.16. The molecule has 1 N–H and O–H groups in total. The molecule has 2 atom stereocenters. The molecule has 1 aromatic rings. The van der Waals surface area contributed by atoms with Crippen LogP contribution in [-0.2, 0) is 11.3 Å². The third-order valence-corrected chi connectivity index (χ3v) is 3.85. The number of ether oxygens (including phenoxy) is 2. The Morgan fingerprint density at radius 1 is 1.16 bits per heavy atom. The minimum atomic E-state index is 0.270. The fraction of sp³-hybridized carbons (Fsp3) is 0.625. The molecule has 0 radical (unpaired) electrons. The van der Waals surface area contributed by atoms with Gasteiger partial charge in [-0.2, -0.15) is 0 Å². The normalized spacial score (nSPS) is 26.6. The molecule has 104 valence electrons. The van der Waals surface area contributed by atoms with E-state index in [9.17, 15) is 0 Å². The van der Waals surface area contributed by atoms with Crippen LogP contribution in [0.1, 0.15) is 38.2 Å². The molecule has 1 heterocycles. The summed E-state index contributed by atoms with van der Waals surface area (Å²) in [7, 11) is 0. The van der Waals surface area contributed by atoms with Gasteiger partial charge in [0.2, 0.25) is 0 Å². The molecule has 0 bridgehead atoms. The van der Waals surface area contributed by atoms with E-state index in [0.717, 1.165) is 31.2 Å². The number of nitrogens with one attached hydrogen (secondary N) is 1. The van der Waals surface area contributed by atoms with Crippen molar-refractivity contribution >= 4 is 0 Å². The molecule has 19 heavy (non-hydrogen) atoms. The highest BCUT2D eigenvalue weighted by molar-refractivity contribution is 5.27. The van der Waals surface area contributed by atoms with Crippen LogP contribution in [0.2, 0.25) is 0 Å². The van der Waals surface area contributed by atoms with Crippen LogP contribution in [0.25, 0.3) is 0 Å². The number of benzene rings is 1. The molecule has 0 aromatic heterocycles. The SMILES string of the molecule is CC1CCC(COc2ccc(CNC3CC3)cc2)O1. The summed E-state index contributed by atoms with van der Waals surface area (Å²) in [5.41, 5.74) is 1.32. The molecule has 2 unspecified atom stereocenters. The molecule has 3 rings (SSSR count). The van der Waals surface area contributed by atoms with Crippen LogP contribution in [0.5, 0.6) is 5.75 Å². The second-order valence-corrected chi connectivity index (χ2v) is 5.76. The van der Waals surface area contributed by atoms with E-state index >= 15 is 0 Å². The van der Waals surface area contributed by atoms with Crippen molar-refractivity contribution in [2.75, 3.05) is 6.61 Å². The Kier molecular flexibility index (Phi) is 4.04. The molecule has 1 saturated heterocycles. The summed E-state index contributed by atoms with van der Waals surface area (Å²) in [6.45, 7) is 3.76. The Bertz CT molecular complexity index is 400. The summed E-state index contributed by atoms with van der Waals surface area (Å²) < 4.78 is 11.5. The second-order valence-electron chi connectivity index (χ2n) is 5.76. The van der Waals surface area contributed by atoms with Crippen molar-refractivity contribution in [2.45, 2.75) is 57.4 Å². The standard InChI is InChI=1S/C16H23NO2/c1-12-2-7-16(19-12)11-18-15-8-3-13(4-9-15)10-17-14-5-6-14/h3-4,8-9,12,14,16-17H,2,5-7,10-11H2,1H3. The van der Waals surface area contributed by atoms with Gasteiger partial charge in [0.1, 0.15) is 12.4 Å². The van der Waals surface area contributed by atoms with E-state index in [4.69, 9.17) is 9.47 Å². The summed E-state index contributed by atoms with van der Waals surface area (Å²) >= 11 is 0. The van der Waals surface area contributed by atoms with Gasteiger partial charge >= 0.3 is 0 Å². The maximum absolute atomic E-state index is 5.79. The average molecular weight is 261 g/mol. The molecule has 3 nitrogen and oxygen atoms in total. The maximum Gasteiger partial charge on any atom is 0.119 e. The van der Waals surface area contributed by atoms with E-state index in [2.05, 4.69) is 36.5 Å². The van der Waals surface area contributed by atoms with E-state index in [1.54, 1.807) is 0 Å². The van der Waals surface area contributed by atoms with Gasteiger partial charge in [0.25, 0.3) is 0 Å². The van der Waals surface area contributed by atoms with Crippen molar-refractivity contribution < 1.29 is 9.47 Å². The van der Waals surface area contributed by atoms with Crippen LogP contribution in [0, 0.1) is 0 Å². The Balaban J connectivity index is 1.42. The molecule has 1 aliphatic carbocycles. The molecule has 2 fully saturated rings. The van der Waals surface area contributed by atoms with Crippen molar-refractivity contribution in [1.29, 1.82) is 0 Å². The zero-order chi connectivity index (χ0) is 13.1. The molecular formula is C16H23NO2. The zero-order valence-electron chi connectivity index (χ0n) is 11.6. The fourth-order valence-electron chi connectivity index (χ4n) is 2.45. The number of hydrogen-bond acceptors (Lipinski definition) is 3. The van der Waals surface area contributed by atoms with Crippen LogP contribution in [0.15, 0.2) is 24.3 Å². The Hall–Kier alpha value is -1.06. The fourth-order valence-corrected chi connectivity index (χ4v) is 2.45. The van der Waals surface area contributed by atoms with Gasteiger partial charge in [-0.1, -0.05) is 12.1 Å². The maximum atomic E-state index is 5.79. The molecule has 1 aromatic carbocycles. The summed E-state index contributed by atoms with van der Waals surface area (Å²) in [5, 5.41) is 3.51. The van der Waals surface area contributed by atoms with E-state index in [-0.39, 0.29) is 6.10 Å². The molecule has 1 saturated carbocycles. The molecule has 3 heteroatoms. The molecule has 0 amide bonds. The first-order chi connectivity index (χ1) is 9.29. The molecule has 1 aliphatic heterocycles. The van der Waals surface area contributed by atoms with Crippen molar-refractivity contribution in [3.8, 4) is 5.75 Å². The third-order valence-electron chi connectivity index (χ3n) is 3.85. The van der Waals surface area contributed by atoms with Crippen LogP contribution >= 0.6 is 0 Å². The summed E-state index contributed by atoms with van der Waals surface area (Å²) in [5.74, 6) is 0.943. The Morgan fingerprint density at radius 3 is 2.58 bits per heavy atom. The van der Waals surface area contributed by atoms with E-state index in [1.807, 2.05) is 0 Å². The highest BCUT2D eigenvalue weighted by atomic mass is 16.5. The van der Waals surface area contributed by atoms with Gasteiger partial charge in [0.05, 0.1) is 12.2 Å². The van der Waals surface area contributed by atoms with Crippen LogP contribution in [0.3, 0.4) is 0 Å². The first kappa shape index (κ1) is 12.9. The Morgan fingerprint density at radius 2 is 1.95 bits per heavy atom. The lowest BCUT2D eigenvalue weighted by Gasteiger charge is -2.13. The van der Waals surface area contributed by atoms with Crippen LogP contribution in [0.4, 0.5) is 0 Å². The predicted octanol–water partition coefficient (Wildman–Crippen LogP) is 2.88. The van der Waals surface area contributed by atoms with E-state index in [1.165, 1.54) is 18.4 Å².